The molecule has 0 unspecified atom stereocenters. The molecule has 1 aromatic rings. The number of benzene rings is 1. The summed E-state index contributed by atoms with van der Waals surface area (Å²) in [5.74, 6) is -0.858. The van der Waals surface area contributed by atoms with Crippen LogP contribution >= 0.6 is 0 Å². The van der Waals surface area contributed by atoms with Gasteiger partial charge >= 0.3 is 12.0 Å². The third-order valence-electron chi connectivity index (χ3n) is 3.68. The molecule has 2 N–H and O–H groups in total. The Balaban J connectivity index is 2.32. The fourth-order valence-electron chi connectivity index (χ4n) is 1.91. The number of carbonyl (C=O) groups is 3. The standard InChI is InChI=1S/C19H28N2O5/c1-6-13(2)20-18(24)21-16(22)11-26-17(23)12-25-15-9-7-14(8-10-15)19(3,4)5/h7-10,13H,6,11-12H2,1-5H3,(H2,20,21,22,24)/t13-/m0/s1. The molecule has 0 spiro atoms. The summed E-state index contributed by atoms with van der Waals surface area (Å²) in [7, 11) is 0. The van der Waals surface area contributed by atoms with Gasteiger partial charge < -0.3 is 14.8 Å². The van der Waals surface area contributed by atoms with Crippen LogP contribution in [0.5, 0.6) is 5.75 Å². The van der Waals surface area contributed by atoms with E-state index in [-0.39, 0.29) is 18.1 Å². The Morgan fingerprint density at radius 3 is 2.23 bits per heavy atom. The Morgan fingerprint density at radius 2 is 1.69 bits per heavy atom. The first-order valence-electron chi connectivity index (χ1n) is 8.61. The van der Waals surface area contributed by atoms with Crippen molar-refractivity contribution >= 4 is 17.9 Å². The van der Waals surface area contributed by atoms with Crippen molar-refractivity contribution < 1.29 is 23.9 Å². The first-order valence-corrected chi connectivity index (χ1v) is 8.61. The van der Waals surface area contributed by atoms with E-state index < -0.39 is 24.5 Å². The highest BCUT2D eigenvalue weighted by molar-refractivity contribution is 5.95. The summed E-state index contributed by atoms with van der Waals surface area (Å²) in [6, 6.07) is 6.76. The van der Waals surface area contributed by atoms with Gasteiger partial charge in [0.1, 0.15) is 5.75 Å². The van der Waals surface area contributed by atoms with Crippen LogP contribution in [-0.2, 0) is 19.7 Å². The van der Waals surface area contributed by atoms with Gasteiger partial charge in [-0.3, -0.25) is 10.1 Å². The largest absolute Gasteiger partial charge is 0.482 e. The number of ether oxygens (including phenoxy) is 2. The van der Waals surface area contributed by atoms with Crippen molar-refractivity contribution in [3.05, 3.63) is 29.8 Å². The molecule has 26 heavy (non-hydrogen) atoms. The van der Waals surface area contributed by atoms with Crippen LogP contribution in [0.15, 0.2) is 24.3 Å². The molecule has 0 aliphatic heterocycles. The average molecular weight is 364 g/mol. The molecule has 0 saturated carbocycles. The predicted octanol–water partition coefficient (Wildman–Crippen LogP) is 2.53. The zero-order valence-electron chi connectivity index (χ0n) is 16.0. The van der Waals surface area contributed by atoms with E-state index in [2.05, 4.69) is 31.4 Å². The lowest BCUT2D eigenvalue weighted by Gasteiger charge is -2.19. The zero-order chi connectivity index (χ0) is 19.7. The van der Waals surface area contributed by atoms with E-state index in [0.717, 1.165) is 12.0 Å². The smallest absolute Gasteiger partial charge is 0.344 e. The molecule has 0 aromatic heterocycles. The van der Waals surface area contributed by atoms with E-state index >= 15 is 0 Å². The van der Waals surface area contributed by atoms with Gasteiger partial charge in [-0.15, -0.1) is 0 Å². The quantitative estimate of drug-likeness (QED) is 0.725. The predicted molar refractivity (Wildman–Crippen MR) is 98.0 cm³/mol. The first kappa shape index (κ1) is 21.5. The van der Waals surface area contributed by atoms with Crippen LogP contribution in [0, 0.1) is 0 Å². The summed E-state index contributed by atoms with van der Waals surface area (Å²) in [4.78, 5) is 34.6. The van der Waals surface area contributed by atoms with Gasteiger partial charge in [0.15, 0.2) is 13.2 Å². The van der Waals surface area contributed by atoms with Crippen molar-refractivity contribution in [1.82, 2.24) is 10.6 Å². The molecule has 0 saturated heterocycles. The van der Waals surface area contributed by atoms with E-state index in [1.807, 2.05) is 26.0 Å². The molecule has 0 bridgehead atoms. The summed E-state index contributed by atoms with van der Waals surface area (Å²) in [6.07, 6.45) is 0.741. The molecular formula is C19H28N2O5. The normalized spacial score (nSPS) is 12.0. The van der Waals surface area contributed by atoms with Crippen LogP contribution in [-0.4, -0.2) is 37.2 Å². The number of amides is 3. The highest BCUT2D eigenvalue weighted by Crippen LogP contribution is 2.24. The van der Waals surface area contributed by atoms with E-state index in [4.69, 9.17) is 9.47 Å². The molecule has 7 heteroatoms. The maximum absolute atomic E-state index is 11.6. The van der Waals surface area contributed by atoms with Crippen LogP contribution in [0.1, 0.15) is 46.6 Å². The summed E-state index contributed by atoms with van der Waals surface area (Å²) in [5, 5.41) is 4.66. The second kappa shape index (κ2) is 9.79. The van der Waals surface area contributed by atoms with Gasteiger partial charge in [-0.2, -0.15) is 0 Å². The van der Waals surface area contributed by atoms with E-state index in [0.29, 0.717) is 5.75 Å². The highest BCUT2D eigenvalue weighted by atomic mass is 16.6. The summed E-state index contributed by atoms with van der Waals surface area (Å²) in [5.41, 5.74) is 1.19. The summed E-state index contributed by atoms with van der Waals surface area (Å²) >= 11 is 0. The third kappa shape index (κ3) is 8.00. The minimum Gasteiger partial charge on any atom is -0.482 e. The monoisotopic (exact) mass is 364 g/mol. The van der Waals surface area contributed by atoms with E-state index in [9.17, 15) is 14.4 Å². The number of rotatable bonds is 7. The van der Waals surface area contributed by atoms with Crippen LogP contribution < -0.4 is 15.4 Å². The number of carbonyl (C=O) groups excluding carboxylic acids is 3. The molecule has 0 aliphatic carbocycles. The minimum atomic E-state index is -0.700. The van der Waals surface area contributed by atoms with Crippen molar-refractivity contribution in [3.8, 4) is 5.75 Å². The third-order valence-corrected chi connectivity index (χ3v) is 3.68. The SMILES string of the molecule is CC[C@H](C)NC(=O)NC(=O)COC(=O)COc1ccc(C(C)(C)C)cc1. The number of nitrogens with one attached hydrogen (secondary N) is 2. The van der Waals surface area contributed by atoms with Gasteiger partial charge in [0.05, 0.1) is 0 Å². The Hall–Kier alpha value is -2.57. The van der Waals surface area contributed by atoms with E-state index in [1.54, 1.807) is 12.1 Å². The second-order valence-electron chi connectivity index (χ2n) is 7.05. The molecule has 1 aromatic carbocycles. The lowest BCUT2D eigenvalue weighted by atomic mass is 9.87. The Morgan fingerprint density at radius 1 is 1.08 bits per heavy atom. The van der Waals surface area contributed by atoms with Gasteiger partial charge in [0.2, 0.25) is 0 Å². The maximum atomic E-state index is 11.6. The minimum absolute atomic E-state index is 0.0338. The fourth-order valence-corrected chi connectivity index (χ4v) is 1.91. The van der Waals surface area contributed by atoms with Crippen LogP contribution in [0.25, 0.3) is 0 Å². The van der Waals surface area contributed by atoms with Crippen LogP contribution in [0.4, 0.5) is 4.79 Å². The highest BCUT2D eigenvalue weighted by Gasteiger charge is 2.14. The van der Waals surface area contributed by atoms with Gasteiger partial charge in [-0.1, -0.05) is 39.8 Å². The molecule has 144 valence electrons. The van der Waals surface area contributed by atoms with Gasteiger partial charge in [-0.05, 0) is 36.5 Å². The molecule has 1 rings (SSSR count). The molecule has 0 fully saturated rings. The number of hydrogen-bond donors (Lipinski definition) is 2. The van der Waals surface area contributed by atoms with Crippen molar-refractivity contribution in [1.29, 1.82) is 0 Å². The number of hydrogen-bond acceptors (Lipinski definition) is 5. The molecular weight excluding hydrogens is 336 g/mol. The van der Waals surface area contributed by atoms with Crippen molar-refractivity contribution in [2.75, 3.05) is 13.2 Å². The summed E-state index contributed by atoms with van der Waals surface area (Å²) < 4.78 is 10.1. The number of imide groups is 1. The van der Waals surface area contributed by atoms with Gasteiger partial charge in [-0.25, -0.2) is 9.59 Å². The van der Waals surface area contributed by atoms with Crippen LogP contribution in [0.3, 0.4) is 0 Å². The maximum Gasteiger partial charge on any atom is 0.344 e. The zero-order valence-corrected chi connectivity index (χ0v) is 16.0. The number of esters is 1. The first-order chi connectivity index (χ1) is 12.1. The molecule has 7 nitrogen and oxygen atoms in total. The lowest BCUT2D eigenvalue weighted by molar-refractivity contribution is -0.150. The number of urea groups is 1. The topological polar surface area (TPSA) is 93.7 Å². The Labute approximate surface area is 154 Å². The molecule has 3 amide bonds. The molecule has 0 aliphatic rings. The lowest BCUT2D eigenvalue weighted by Crippen LogP contribution is -2.44. The van der Waals surface area contributed by atoms with Crippen LogP contribution in [0.2, 0.25) is 0 Å². The van der Waals surface area contributed by atoms with Crippen molar-refractivity contribution in [2.45, 2.75) is 52.5 Å². The Kier molecular flexibility index (Phi) is 8.09. The molecule has 1 atom stereocenters. The Bertz CT molecular complexity index is 620. The van der Waals surface area contributed by atoms with Gasteiger partial charge in [0.25, 0.3) is 5.91 Å². The summed E-state index contributed by atoms with van der Waals surface area (Å²) in [6.45, 7) is 9.18. The van der Waals surface area contributed by atoms with E-state index in [1.165, 1.54) is 0 Å². The van der Waals surface area contributed by atoms with Crippen molar-refractivity contribution in [3.63, 3.8) is 0 Å². The second-order valence-corrected chi connectivity index (χ2v) is 7.05. The van der Waals surface area contributed by atoms with Gasteiger partial charge in [0, 0.05) is 6.04 Å². The molecule has 0 radical (unpaired) electrons. The fraction of sp³-hybridized carbons (Fsp3) is 0.526. The molecule has 0 heterocycles. The average Bonchev–Trinajstić information content (AvgIpc) is 2.57. The van der Waals surface area contributed by atoms with Crippen molar-refractivity contribution in [2.24, 2.45) is 0 Å².